The van der Waals surface area contributed by atoms with Crippen molar-refractivity contribution in [1.82, 2.24) is 9.80 Å². The number of amides is 1. The molecular weight excluding hydrogens is 214 g/mol. The van der Waals surface area contributed by atoms with E-state index in [9.17, 15) is 4.79 Å². The Labute approximate surface area is 105 Å². The molecule has 1 amide bonds. The molecule has 17 heavy (non-hydrogen) atoms. The maximum absolute atomic E-state index is 12.2. The Morgan fingerprint density at radius 2 is 2.18 bits per heavy atom. The molecule has 1 saturated heterocycles. The van der Waals surface area contributed by atoms with Crippen molar-refractivity contribution in [2.75, 3.05) is 27.2 Å². The van der Waals surface area contributed by atoms with Crippen LogP contribution < -0.4 is 5.73 Å². The van der Waals surface area contributed by atoms with Gasteiger partial charge in [-0.2, -0.15) is 0 Å². The fourth-order valence-electron chi connectivity index (χ4n) is 2.28. The second kappa shape index (κ2) is 6.36. The second-order valence-corrected chi connectivity index (χ2v) is 5.46. The Hall–Kier alpha value is -0.610. The molecule has 100 valence electrons. The van der Waals surface area contributed by atoms with Gasteiger partial charge in [0.15, 0.2) is 0 Å². The van der Waals surface area contributed by atoms with Gasteiger partial charge < -0.3 is 15.5 Å². The number of piperidine rings is 1. The number of likely N-dealkylation sites (tertiary alicyclic amines) is 1. The first-order chi connectivity index (χ1) is 7.97. The highest BCUT2D eigenvalue weighted by atomic mass is 16.2. The van der Waals surface area contributed by atoms with E-state index < -0.39 is 0 Å². The summed E-state index contributed by atoms with van der Waals surface area (Å²) in [5.74, 6) is 0.396. The van der Waals surface area contributed by atoms with Crippen molar-refractivity contribution in [3.63, 3.8) is 0 Å². The zero-order valence-corrected chi connectivity index (χ0v) is 11.6. The van der Waals surface area contributed by atoms with E-state index in [1.165, 1.54) is 6.42 Å². The van der Waals surface area contributed by atoms with Gasteiger partial charge in [0.2, 0.25) is 5.91 Å². The van der Waals surface area contributed by atoms with Crippen LogP contribution >= 0.6 is 0 Å². The van der Waals surface area contributed by atoms with Crippen LogP contribution in [0.3, 0.4) is 0 Å². The first-order valence-corrected chi connectivity index (χ1v) is 6.68. The molecule has 2 unspecified atom stereocenters. The van der Waals surface area contributed by atoms with E-state index in [4.69, 9.17) is 5.73 Å². The van der Waals surface area contributed by atoms with Crippen LogP contribution in [0.15, 0.2) is 0 Å². The number of carbonyl (C=O) groups is 1. The Morgan fingerprint density at radius 3 is 2.71 bits per heavy atom. The Bertz CT molecular complexity index is 255. The number of nitrogens with zero attached hydrogens (tertiary/aromatic N) is 2. The summed E-state index contributed by atoms with van der Waals surface area (Å²) in [5.41, 5.74) is 6.02. The second-order valence-electron chi connectivity index (χ2n) is 5.46. The molecular formula is C13H27N3O. The van der Waals surface area contributed by atoms with E-state index in [1.807, 2.05) is 4.90 Å². The minimum atomic E-state index is -0.332. The molecule has 0 aromatic rings. The Balaban J connectivity index is 2.57. The average molecular weight is 241 g/mol. The number of likely N-dealkylation sites (N-methyl/N-ethyl adjacent to an activating group) is 1. The van der Waals surface area contributed by atoms with Crippen molar-refractivity contribution >= 4 is 5.91 Å². The molecule has 1 heterocycles. The van der Waals surface area contributed by atoms with Gasteiger partial charge in [0, 0.05) is 19.1 Å². The summed E-state index contributed by atoms with van der Waals surface area (Å²) in [4.78, 5) is 16.4. The topological polar surface area (TPSA) is 49.6 Å². The van der Waals surface area contributed by atoms with Gasteiger partial charge in [-0.1, -0.05) is 20.3 Å². The lowest BCUT2D eigenvalue weighted by atomic mass is 9.97. The smallest absolute Gasteiger partial charge is 0.239 e. The van der Waals surface area contributed by atoms with Crippen LogP contribution in [0, 0.1) is 5.92 Å². The standard InChI is InChI=1S/C13H27N3O/c1-5-10(2)12(14)13(17)16-8-6-7-11(9-16)15(3)4/h10-12H,5-9,14H2,1-4H3/t10?,11?,12-/m0/s1. The number of hydrogen-bond acceptors (Lipinski definition) is 3. The van der Waals surface area contributed by atoms with Crippen LogP contribution in [0.1, 0.15) is 33.1 Å². The third-order valence-electron chi connectivity index (χ3n) is 3.98. The zero-order chi connectivity index (χ0) is 13.0. The maximum atomic E-state index is 12.2. The monoisotopic (exact) mass is 241 g/mol. The first kappa shape index (κ1) is 14.5. The summed E-state index contributed by atoms with van der Waals surface area (Å²) in [5, 5.41) is 0. The lowest BCUT2D eigenvalue weighted by Gasteiger charge is -2.37. The van der Waals surface area contributed by atoms with Crippen LogP contribution in [0.5, 0.6) is 0 Å². The lowest BCUT2D eigenvalue weighted by Crippen LogP contribution is -2.53. The number of hydrogen-bond donors (Lipinski definition) is 1. The fourth-order valence-corrected chi connectivity index (χ4v) is 2.28. The van der Waals surface area contributed by atoms with Gasteiger partial charge in [0.1, 0.15) is 0 Å². The Kier molecular flexibility index (Phi) is 5.40. The van der Waals surface area contributed by atoms with Gasteiger partial charge in [0.25, 0.3) is 0 Å². The molecule has 0 bridgehead atoms. The molecule has 2 N–H and O–H groups in total. The molecule has 0 aromatic carbocycles. The van der Waals surface area contributed by atoms with E-state index in [2.05, 4.69) is 32.8 Å². The summed E-state index contributed by atoms with van der Waals surface area (Å²) >= 11 is 0. The molecule has 3 atom stereocenters. The lowest BCUT2D eigenvalue weighted by molar-refractivity contribution is -0.135. The fraction of sp³-hybridized carbons (Fsp3) is 0.923. The van der Waals surface area contributed by atoms with Crippen LogP contribution in [0.2, 0.25) is 0 Å². The van der Waals surface area contributed by atoms with Crippen LogP contribution in [0.25, 0.3) is 0 Å². The predicted molar refractivity (Wildman–Crippen MR) is 70.7 cm³/mol. The van der Waals surface area contributed by atoms with Crippen LogP contribution in [-0.4, -0.2) is 55.0 Å². The van der Waals surface area contributed by atoms with Gasteiger partial charge >= 0.3 is 0 Å². The van der Waals surface area contributed by atoms with Crippen molar-refractivity contribution in [2.24, 2.45) is 11.7 Å². The highest BCUT2D eigenvalue weighted by molar-refractivity contribution is 5.82. The number of nitrogens with two attached hydrogens (primary N) is 1. The van der Waals surface area contributed by atoms with Crippen LogP contribution in [0.4, 0.5) is 0 Å². The van der Waals surface area contributed by atoms with E-state index in [0.717, 1.165) is 25.9 Å². The van der Waals surface area contributed by atoms with Crippen molar-refractivity contribution < 1.29 is 4.79 Å². The zero-order valence-electron chi connectivity index (χ0n) is 11.6. The summed E-state index contributed by atoms with van der Waals surface area (Å²) in [6.07, 6.45) is 3.22. The van der Waals surface area contributed by atoms with E-state index in [-0.39, 0.29) is 17.9 Å². The highest BCUT2D eigenvalue weighted by Gasteiger charge is 2.29. The summed E-state index contributed by atoms with van der Waals surface area (Å²) < 4.78 is 0. The van der Waals surface area contributed by atoms with E-state index >= 15 is 0 Å². The number of carbonyl (C=O) groups excluding carboxylic acids is 1. The normalized spacial score (nSPS) is 24.8. The largest absolute Gasteiger partial charge is 0.340 e. The molecule has 0 saturated carbocycles. The van der Waals surface area contributed by atoms with Gasteiger partial charge in [-0.3, -0.25) is 4.79 Å². The van der Waals surface area contributed by atoms with E-state index in [0.29, 0.717) is 6.04 Å². The molecule has 1 fully saturated rings. The summed E-state index contributed by atoms with van der Waals surface area (Å²) in [6.45, 7) is 5.83. The summed E-state index contributed by atoms with van der Waals surface area (Å²) in [7, 11) is 4.15. The molecule has 1 aliphatic heterocycles. The molecule has 0 spiro atoms. The predicted octanol–water partition coefficient (Wildman–Crippen LogP) is 0.912. The molecule has 1 rings (SSSR count). The SMILES string of the molecule is CCC(C)[C@H](N)C(=O)N1CCCC(N(C)C)C1. The highest BCUT2D eigenvalue weighted by Crippen LogP contribution is 2.16. The molecule has 0 aromatic heterocycles. The Morgan fingerprint density at radius 1 is 1.53 bits per heavy atom. The minimum absolute atomic E-state index is 0.130. The van der Waals surface area contributed by atoms with Crippen LogP contribution in [-0.2, 0) is 4.79 Å². The molecule has 4 heteroatoms. The van der Waals surface area contributed by atoms with Crippen molar-refractivity contribution in [3.05, 3.63) is 0 Å². The molecule has 0 aliphatic carbocycles. The molecule has 1 aliphatic rings. The van der Waals surface area contributed by atoms with E-state index in [1.54, 1.807) is 0 Å². The van der Waals surface area contributed by atoms with Crippen molar-refractivity contribution in [1.29, 1.82) is 0 Å². The van der Waals surface area contributed by atoms with Gasteiger partial charge in [-0.25, -0.2) is 0 Å². The first-order valence-electron chi connectivity index (χ1n) is 6.68. The third kappa shape index (κ3) is 3.68. The average Bonchev–Trinajstić information content (AvgIpc) is 2.36. The van der Waals surface area contributed by atoms with Crippen molar-refractivity contribution in [2.45, 2.75) is 45.2 Å². The summed E-state index contributed by atoms with van der Waals surface area (Å²) in [6, 6.07) is 0.151. The number of rotatable bonds is 4. The molecule has 4 nitrogen and oxygen atoms in total. The minimum Gasteiger partial charge on any atom is -0.340 e. The maximum Gasteiger partial charge on any atom is 0.239 e. The van der Waals surface area contributed by atoms with Gasteiger partial charge in [0.05, 0.1) is 6.04 Å². The third-order valence-corrected chi connectivity index (χ3v) is 3.98. The van der Waals surface area contributed by atoms with Gasteiger partial charge in [-0.05, 0) is 32.9 Å². The quantitative estimate of drug-likeness (QED) is 0.796. The molecule has 0 radical (unpaired) electrons. The van der Waals surface area contributed by atoms with Gasteiger partial charge in [-0.15, -0.1) is 0 Å². The van der Waals surface area contributed by atoms with Crippen molar-refractivity contribution in [3.8, 4) is 0 Å².